The van der Waals surface area contributed by atoms with Crippen LogP contribution in [0.5, 0.6) is 0 Å². The van der Waals surface area contributed by atoms with Crippen molar-refractivity contribution in [1.29, 1.82) is 0 Å². The molecule has 3 rings (SSSR count). The van der Waals surface area contributed by atoms with Gasteiger partial charge < -0.3 is 10.5 Å². The van der Waals surface area contributed by atoms with Gasteiger partial charge in [0.2, 0.25) is 0 Å². The lowest BCUT2D eigenvalue weighted by molar-refractivity contribution is -0.0713. The van der Waals surface area contributed by atoms with Crippen molar-refractivity contribution in [3.8, 4) is 0 Å². The average Bonchev–Trinajstić information content (AvgIpc) is 2.89. The van der Waals surface area contributed by atoms with E-state index in [-0.39, 0.29) is 10.9 Å². The molecule has 1 unspecified atom stereocenters. The smallest absolute Gasteiger partial charge is 0.181 e. The molecule has 1 saturated heterocycles. The quantitative estimate of drug-likeness (QED) is 0.853. The predicted octanol–water partition coefficient (Wildman–Crippen LogP) is 2.84. The van der Waals surface area contributed by atoms with Gasteiger partial charge in [-0.15, -0.1) is 0 Å². The van der Waals surface area contributed by atoms with E-state index in [1.54, 1.807) is 25.1 Å². The van der Waals surface area contributed by atoms with Gasteiger partial charge in [0, 0.05) is 12.3 Å². The monoisotopic (exact) mass is 309 g/mol. The molecule has 1 saturated carbocycles. The molecular formula is C16H23NO3S. The van der Waals surface area contributed by atoms with E-state index in [9.17, 15) is 8.42 Å². The Hall–Kier alpha value is -1.07. The van der Waals surface area contributed by atoms with E-state index in [0.717, 1.165) is 25.7 Å². The second kappa shape index (κ2) is 5.29. The molecule has 0 aromatic heterocycles. The maximum atomic E-state index is 13.0. The number of ether oxygens (including phenoxy) is 1. The Balaban J connectivity index is 1.93. The summed E-state index contributed by atoms with van der Waals surface area (Å²) in [6, 6.07) is 5.15. The zero-order valence-corrected chi connectivity index (χ0v) is 13.3. The third kappa shape index (κ3) is 2.57. The Morgan fingerprint density at radius 3 is 2.71 bits per heavy atom. The van der Waals surface area contributed by atoms with Crippen LogP contribution in [0.15, 0.2) is 23.1 Å². The van der Waals surface area contributed by atoms with Crippen LogP contribution >= 0.6 is 0 Å². The summed E-state index contributed by atoms with van der Waals surface area (Å²) in [7, 11) is -3.34. The fraction of sp³-hybridized carbons (Fsp3) is 0.625. The van der Waals surface area contributed by atoms with E-state index in [0.29, 0.717) is 35.6 Å². The molecule has 1 aromatic carbocycles. The van der Waals surface area contributed by atoms with Crippen LogP contribution in [0, 0.1) is 6.92 Å². The first kappa shape index (κ1) is 14.9. The minimum Gasteiger partial charge on any atom is -0.398 e. The first-order valence-corrected chi connectivity index (χ1v) is 9.22. The zero-order valence-electron chi connectivity index (χ0n) is 12.5. The summed E-state index contributed by atoms with van der Waals surface area (Å²) in [6.07, 6.45) is 5.49. The molecule has 1 atom stereocenters. The van der Waals surface area contributed by atoms with Crippen LogP contribution in [0.1, 0.15) is 44.1 Å². The third-order valence-electron chi connectivity index (χ3n) is 5.03. The SMILES string of the molecule is Cc1c(N)cccc1S(=O)(=O)C1CCOC2(CCCC2)C1. The first-order valence-electron chi connectivity index (χ1n) is 7.68. The van der Waals surface area contributed by atoms with Crippen molar-refractivity contribution in [2.24, 2.45) is 0 Å². The van der Waals surface area contributed by atoms with E-state index in [2.05, 4.69) is 0 Å². The topological polar surface area (TPSA) is 69.4 Å². The number of hydrogen-bond acceptors (Lipinski definition) is 4. The summed E-state index contributed by atoms with van der Waals surface area (Å²) < 4.78 is 31.9. The van der Waals surface area contributed by atoms with Crippen molar-refractivity contribution in [2.45, 2.75) is 61.2 Å². The maximum Gasteiger partial charge on any atom is 0.181 e. The summed E-state index contributed by atoms with van der Waals surface area (Å²) in [5.41, 5.74) is 6.89. The second-order valence-corrected chi connectivity index (χ2v) is 8.57. The van der Waals surface area contributed by atoms with Gasteiger partial charge in [0.25, 0.3) is 0 Å². The van der Waals surface area contributed by atoms with Crippen molar-refractivity contribution in [3.05, 3.63) is 23.8 Å². The summed E-state index contributed by atoms with van der Waals surface area (Å²) in [4.78, 5) is 0.391. The Labute approximate surface area is 126 Å². The highest BCUT2D eigenvalue weighted by molar-refractivity contribution is 7.92. The number of rotatable bonds is 2. The number of anilines is 1. The third-order valence-corrected chi connectivity index (χ3v) is 7.37. The number of nitrogen functional groups attached to an aromatic ring is 1. The van der Waals surface area contributed by atoms with Gasteiger partial charge >= 0.3 is 0 Å². The van der Waals surface area contributed by atoms with Gasteiger partial charge in [0.1, 0.15) is 0 Å². The van der Waals surface area contributed by atoms with Gasteiger partial charge in [-0.3, -0.25) is 0 Å². The van der Waals surface area contributed by atoms with Crippen molar-refractivity contribution in [1.82, 2.24) is 0 Å². The van der Waals surface area contributed by atoms with Crippen molar-refractivity contribution < 1.29 is 13.2 Å². The zero-order chi connectivity index (χ0) is 15.1. The lowest BCUT2D eigenvalue weighted by Crippen LogP contribution is -2.42. The number of benzene rings is 1. The maximum absolute atomic E-state index is 13.0. The van der Waals surface area contributed by atoms with Crippen LogP contribution < -0.4 is 5.73 Å². The molecule has 2 aliphatic rings. The normalized spacial score (nSPS) is 25.3. The molecule has 0 amide bonds. The second-order valence-electron chi connectivity index (χ2n) is 6.37. The Bertz CT molecular complexity index is 633. The van der Waals surface area contributed by atoms with E-state index in [1.807, 2.05) is 0 Å². The highest BCUT2D eigenvalue weighted by Gasteiger charge is 2.44. The van der Waals surface area contributed by atoms with Gasteiger partial charge in [-0.25, -0.2) is 8.42 Å². The summed E-state index contributed by atoms with van der Waals surface area (Å²) in [5, 5.41) is -0.343. The van der Waals surface area contributed by atoms with Crippen LogP contribution in [-0.2, 0) is 14.6 Å². The average molecular weight is 309 g/mol. The molecule has 116 valence electrons. The van der Waals surface area contributed by atoms with Crippen LogP contribution in [0.4, 0.5) is 5.69 Å². The predicted molar refractivity (Wildman–Crippen MR) is 83.0 cm³/mol. The van der Waals surface area contributed by atoms with Crippen molar-refractivity contribution in [2.75, 3.05) is 12.3 Å². The summed E-state index contributed by atoms with van der Waals surface area (Å²) in [5.74, 6) is 0. The first-order chi connectivity index (χ1) is 9.95. The molecule has 4 nitrogen and oxygen atoms in total. The molecule has 1 aliphatic carbocycles. The van der Waals surface area contributed by atoms with Gasteiger partial charge in [-0.05, 0) is 50.3 Å². The highest BCUT2D eigenvalue weighted by atomic mass is 32.2. The standard InChI is InChI=1S/C16H23NO3S/c1-12-14(17)5-4-6-15(12)21(18,19)13-7-10-20-16(11-13)8-2-3-9-16/h4-6,13H,2-3,7-11,17H2,1H3. The Kier molecular flexibility index (Phi) is 3.74. The molecule has 1 aromatic rings. The van der Waals surface area contributed by atoms with E-state index >= 15 is 0 Å². The summed E-state index contributed by atoms with van der Waals surface area (Å²) >= 11 is 0. The number of nitrogens with two attached hydrogens (primary N) is 1. The lowest BCUT2D eigenvalue weighted by Gasteiger charge is -2.38. The molecular weight excluding hydrogens is 286 g/mol. The van der Waals surface area contributed by atoms with Gasteiger partial charge in [-0.2, -0.15) is 0 Å². The molecule has 0 radical (unpaired) electrons. The van der Waals surface area contributed by atoms with Crippen LogP contribution in [0.25, 0.3) is 0 Å². The van der Waals surface area contributed by atoms with Crippen LogP contribution in [0.3, 0.4) is 0 Å². The molecule has 2 N–H and O–H groups in total. The summed E-state index contributed by atoms with van der Waals surface area (Å²) in [6.45, 7) is 2.33. The number of sulfone groups is 1. The fourth-order valence-electron chi connectivity index (χ4n) is 3.73. The fourth-order valence-corrected chi connectivity index (χ4v) is 5.84. The minimum absolute atomic E-state index is 0.190. The highest BCUT2D eigenvalue weighted by Crippen LogP contribution is 2.43. The van der Waals surface area contributed by atoms with Gasteiger partial charge in [0.05, 0.1) is 15.7 Å². The van der Waals surface area contributed by atoms with E-state index in [4.69, 9.17) is 10.5 Å². The van der Waals surface area contributed by atoms with Crippen LogP contribution in [0.2, 0.25) is 0 Å². The molecule has 5 heteroatoms. The minimum atomic E-state index is -3.34. The lowest BCUT2D eigenvalue weighted by atomic mass is 9.92. The molecule has 0 bridgehead atoms. The van der Waals surface area contributed by atoms with Gasteiger partial charge in [0.15, 0.2) is 9.84 Å². The number of hydrogen-bond donors (Lipinski definition) is 1. The Morgan fingerprint density at radius 1 is 1.29 bits per heavy atom. The largest absolute Gasteiger partial charge is 0.398 e. The molecule has 1 heterocycles. The van der Waals surface area contributed by atoms with E-state index < -0.39 is 9.84 Å². The van der Waals surface area contributed by atoms with Crippen LogP contribution in [-0.4, -0.2) is 25.9 Å². The Morgan fingerprint density at radius 2 is 2.00 bits per heavy atom. The molecule has 1 aliphatic heterocycles. The van der Waals surface area contributed by atoms with Crippen molar-refractivity contribution >= 4 is 15.5 Å². The van der Waals surface area contributed by atoms with Crippen molar-refractivity contribution in [3.63, 3.8) is 0 Å². The molecule has 1 spiro atoms. The van der Waals surface area contributed by atoms with E-state index in [1.165, 1.54) is 0 Å². The van der Waals surface area contributed by atoms with Gasteiger partial charge in [-0.1, -0.05) is 18.9 Å². The molecule has 2 fully saturated rings. The molecule has 21 heavy (non-hydrogen) atoms.